The Hall–Kier alpha value is -3.26. The minimum Gasteiger partial charge on any atom is -0.441 e. The molecular weight excluding hydrogens is 472 g/mol. The molecule has 2 aliphatic rings. The van der Waals surface area contributed by atoms with Gasteiger partial charge in [-0.15, -0.1) is 0 Å². The van der Waals surface area contributed by atoms with E-state index in [0.29, 0.717) is 29.6 Å². The molecule has 37 heavy (non-hydrogen) atoms. The molecule has 0 fully saturated rings. The van der Waals surface area contributed by atoms with Gasteiger partial charge in [-0.3, -0.25) is 14.4 Å². The van der Waals surface area contributed by atoms with E-state index in [1.165, 1.54) is 6.08 Å². The molecule has 0 radical (unpaired) electrons. The lowest BCUT2D eigenvalue weighted by Gasteiger charge is -2.28. The van der Waals surface area contributed by atoms with Crippen LogP contribution in [0.3, 0.4) is 0 Å². The molecule has 2 amide bonds. The van der Waals surface area contributed by atoms with Gasteiger partial charge in [0, 0.05) is 34.6 Å². The molecule has 8 heteroatoms. The predicted octanol–water partition coefficient (Wildman–Crippen LogP) is 4.07. The monoisotopic (exact) mass is 512 g/mol. The molecule has 0 aromatic carbocycles. The first kappa shape index (κ1) is 30.0. The van der Waals surface area contributed by atoms with Crippen LogP contribution >= 0.6 is 0 Å². The lowest BCUT2D eigenvalue weighted by Crippen LogP contribution is -2.33. The largest absolute Gasteiger partial charge is 0.441 e. The zero-order valence-electron chi connectivity index (χ0n) is 22.8. The maximum absolute atomic E-state index is 13.2. The summed E-state index contributed by atoms with van der Waals surface area (Å²) >= 11 is 0. The molecule has 1 aliphatic carbocycles. The molecule has 2 rings (SSSR count). The van der Waals surface area contributed by atoms with E-state index in [-0.39, 0.29) is 40.9 Å². The number of ether oxygens (including phenoxy) is 1. The van der Waals surface area contributed by atoms with Crippen molar-refractivity contribution in [2.75, 3.05) is 0 Å². The summed E-state index contributed by atoms with van der Waals surface area (Å²) in [6, 6.07) is 0. The molecule has 1 heterocycles. The second-order valence-electron chi connectivity index (χ2n) is 10.5. The standard InChI is InChI=1S/C29H40N2O6/c1-15-11-18(4)25(33)19(5)13-20(6)27(37-29(30)36)16(2)9-8-10-17(3)28(35)31-23-14-24(32)21(7)22(12-15)26(23)34/h8-10,13-16,18-19,25,27,33H,11-12H2,1-7H3,(H2,30,36)(H,31,35)/b9-8-,17-10+,20-13+/t15-,16-,18-,19-,25-,27+/m0/s1. The average Bonchev–Trinajstić information content (AvgIpc) is 2.81. The third-order valence-electron chi connectivity index (χ3n) is 7.13. The van der Waals surface area contributed by atoms with Crippen molar-refractivity contribution in [2.45, 2.75) is 73.5 Å². The number of aliphatic hydroxyl groups excluding tert-OH is 1. The number of aliphatic hydroxyl groups is 1. The van der Waals surface area contributed by atoms with Gasteiger partial charge in [0.05, 0.1) is 11.8 Å². The number of allylic oxidation sites excluding steroid dienone is 5. The minimum absolute atomic E-state index is 0.00226. The first-order valence-corrected chi connectivity index (χ1v) is 12.7. The molecule has 0 spiro atoms. The van der Waals surface area contributed by atoms with E-state index >= 15 is 0 Å². The van der Waals surface area contributed by atoms with Gasteiger partial charge in [0.15, 0.2) is 5.78 Å². The third-order valence-corrected chi connectivity index (χ3v) is 7.13. The van der Waals surface area contributed by atoms with Crippen LogP contribution in [0.5, 0.6) is 0 Å². The molecule has 0 aromatic rings. The van der Waals surface area contributed by atoms with Gasteiger partial charge in [0.2, 0.25) is 5.78 Å². The predicted molar refractivity (Wildman–Crippen MR) is 142 cm³/mol. The highest BCUT2D eigenvalue weighted by molar-refractivity contribution is 6.23. The number of hydrogen-bond donors (Lipinski definition) is 3. The van der Waals surface area contributed by atoms with Crippen molar-refractivity contribution in [3.63, 3.8) is 0 Å². The lowest BCUT2D eigenvalue weighted by molar-refractivity contribution is -0.120. The summed E-state index contributed by atoms with van der Waals surface area (Å²) in [5.74, 6) is -1.80. The number of primary amides is 1. The summed E-state index contributed by atoms with van der Waals surface area (Å²) in [5, 5.41) is 13.6. The van der Waals surface area contributed by atoms with Gasteiger partial charge in [0.1, 0.15) is 6.10 Å². The number of ketones is 2. The van der Waals surface area contributed by atoms with E-state index in [2.05, 4.69) is 5.32 Å². The van der Waals surface area contributed by atoms with Crippen LogP contribution in [0.15, 0.2) is 58.4 Å². The van der Waals surface area contributed by atoms with E-state index in [9.17, 15) is 24.3 Å². The zero-order valence-corrected chi connectivity index (χ0v) is 22.8. The summed E-state index contributed by atoms with van der Waals surface area (Å²) in [5.41, 5.74) is 7.13. The van der Waals surface area contributed by atoms with Crippen molar-refractivity contribution in [1.82, 2.24) is 5.32 Å². The minimum atomic E-state index is -0.902. The molecule has 4 N–H and O–H groups in total. The van der Waals surface area contributed by atoms with Crippen LogP contribution in [-0.2, 0) is 19.1 Å². The molecule has 0 unspecified atom stereocenters. The van der Waals surface area contributed by atoms with Gasteiger partial charge in [0.25, 0.3) is 5.91 Å². The average molecular weight is 513 g/mol. The normalized spacial score (nSPS) is 34.5. The summed E-state index contributed by atoms with van der Waals surface area (Å²) < 4.78 is 5.38. The number of hydrogen-bond acceptors (Lipinski definition) is 6. The Morgan fingerprint density at radius 1 is 1.08 bits per heavy atom. The molecule has 0 saturated carbocycles. The molecule has 2 bridgehead atoms. The number of nitrogens with two attached hydrogens (primary N) is 1. The van der Waals surface area contributed by atoms with Crippen LogP contribution < -0.4 is 11.1 Å². The topological polar surface area (TPSA) is 136 Å². The second-order valence-corrected chi connectivity index (χ2v) is 10.5. The summed E-state index contributed by atoms with van der Waals surface area (Å²) in [6.45, 7) is 12.7. The number of amides is 2. The molecule has 6 atom stereocenters. The van der Waals surface area contributed by atoms with Crippen LogP contribution in [0.2, 0.25) is 0 Å². The van der Waals surface area contributed by atoms with Crippen molar-refractivity contribution in [1.29, 1.82) is 0 Å². The third kappa shape index (κ3) is 7.86. The van der Waals surface area contributed by atoms with Crippen molar-refractivity contribution < 1.29 is 29.0 Å². The maximum atomic E-state index is 13.2. The fourth-order valence-corrected chi connectivity index (χ4v) is 4.97. The highest BCUT2D eigenvalue weighted by Crippen LogP contribution is 2.30. The SMILES string of the molecule is CC1=C2C[C@@H](C)C[C@H](C)[C@H](O)[C@@H](C)/C=C(\C)[C@H](OC(N)=O)[C@@H](C)/C=C\C=C(/C)C(=O)NC(=CC1=O)C2=O. The van der Waals surface area contributed by atoms with Crippen molar-refractivity contribution in [3.05, 3.63) is 58.4 Å². The van der Waals surface area contributed by atoms with Gasteiger partial charge in [-0.2, -0.15) is 0 Å². The van der Waals surface area contributed by atoms with Gasteiger partial charge in [-0.25, -0.2) is 4.79 Å². The fourth-order valence-electron chi connectivity index (χ4n) is 4.97. The van der Waals surface area contributed by atoms with Gasteiger partial charge in [-0.05, 0) is 51.0 Å². The number of carbonyl (C=O) groups excluding carboxylic acids is 4. The molecule has 0 saturated heterocycles. The smallest absolute Gasteiger partial charge is 0.405 e. The van der Waals surface area contributed by atoms with Crippen molar-refractivity contribution >= 4 is 23.6 Å². The Balaban J connectivity index is 2.50. The molecule has 202 valence electrons. The van der Waals surface area contributed by atoms with Gasteiger partial charge in [-0.1, -0.05) is 52.0 Å². The summed E-state index contributed by atoms with van der Waals surface area (Å²) in [4.78, 5) is 50.1. The molecule has 0 aromatic heterocycles. The zero-order chi connectivity index (χ0) is 28.0. The van der Waals surface area contributed by atoms with Crippen LogP contribution in [0.4, 0.5) is 4.79 Å². The second kappa shape index (κ2) is 12.8. The Morgan fingerprint density at radius 3 is 2.35 bits per heavy atom. The van der Waals surface area contributed by atoms with Crippen molar-refractivity contribution in [2.24, 2.45) is 29.4 Å². The number of nitrogens with one attached hydrogen (secondary N) is 1. The first-order valence-electron chi connectivity index (χ1n) is 12.7. The molecule has 8 nitrogen and oxygen atoms in total. The van der Waals surface area contributed by atoms with E-state index in [1.807, 2.05) is 40.7 Å². The lowest BCUT2D eigenvalue weighted by atomic mass is 9.81. The van der Waals surface area contributed by atoms with Crippen LogP contribution in [0.25, 0.3) is 0 Å². The summed E-state index contributed by atoms with van der Waals surface area (Å²) in [6.07, 6.45) is 6.82. The fraction of sp³-hybridized carbons (Fsp3) is 0.517. The highest BCUT2D eigenvalue weighted by Gasteiger charge is 2.30. The maximum Gasteiger partial charge on any atom is 0.405 e. The highest BCUT2D eigenvalue weighted by atomic mass is 16.6. The first-order chi connectivity index (χ1) is 17.2. The number of carbonyl (C=O) groups is 4. The summed E-state index contributed by atoms with van der Waals surface area (Å²) in [7, 11) is 0. The van der Waals surface area contributed by atoms with Crippen LogP contribution in [0, 0.1) is 23.7 Å². The molecule has 1 aliphatic heterocycles. The van der Waals surface area contributed by atoms with Crippen molar-refractivity contribution in [3.8, 4) is 0 Å². The van der Waals surface area contributed by atoms with Gasteiger partial charge >= 0.3 is 6.09 Å². The van der Waals surface area contributed by atoms with E-state index < -0.39 is 24.2 Å². The Labute approximate surface area is 219 Å². The van der Waals surface area contributed by atoms with E-state index in [4.69, 9.17) is 10.5 Å². The number of rotatable bonds is 1. The van der Waals surface area contributed by atoms with Crippen LogP contribution in [-0.4, -0.2) is 40.9 Å². The van der Waals surface area contributed by atoms with Gasteiger partial charge < -0.3 is 20.9 Å². The quantitative estimate of drug-likeness (QED) is 0.358. The van der Waals surface area contributed by atoms with Crippen LogP contribution in [0.1, 0.15) is 61.3 Å². The number of Topliss-reactive ketones (excluding diaryl/α,β-unsaturated/α-hetero) is 1. The molecular formula is C29H40N2O6. The van der Waals surface area contributed by atoms with E-state index in [0.717, 1.165) is 5.57 Å². The Kier molecular flexibility index (Phi) is 10.4. The van der Waals surface area contributed by atoms with E-state index in [1.54, 1.807) is 32.1 Å². The number of fused-ring (bicyclic) bond motifs is 2. The Bertz CT molecular complexity index is 1090. The Morgan fingerprint density at radius 2 is 1.73 bits per heavy atom.